The number of aromatic nitrogens is 4. The van der Waals surface area contributed by atoms with Crippen molar-refractivity contribution in [3.05, 3.63) is 23.3 Å². The Balaban J connectivity index is 0.00000126. The zero-order chi connectivity index (χ0) is 37.7. The standard InChI is InChI=1S/C24H31N11O8S2.H2O4S/c1-24(2,22(41)42)43-31-13(17-30-23(27)45-32-17)18(37)29-14-19(38)35-15(21(39)40)10(9-44-20(14)35)7-34-8-11(16(26)33(34)3)28-12(36)5-4-6-25;1-5(2,3)4/h8,14,20,26H,4-7,9,25H2,1-3H3,(H6,27,28,29,30,32,36,37,39,40,41,42);(H2,1,2,3,4)/b31-13-;/t14-,20-;/m1./s1. The minimum atomic E-state index is -4.92. The number of carbonyl (C=O) groups is 5. The number of oxime groups is 1. The van der Waals surface area contributed by atoms with E-state index in [0.717, 1.165) is 16.4 Å². The van der Waals surface area contributed by atoms with E-state index in [9.17, 15) is 34.2 Å². The van der Waals surface area contributed by atoms with Gasteiger partial charge in [0.2, 0.25) is 39.6 Å². The largest absolute Gasteiger partial charge is 0.726 e. The van der Waals surface area contributed by atoms with Gasteiger partial charge in [0.05, 0.1) is 7.05 Å². The fourth-order valence-corrected chi connectivity index (χ4v) is 6.03. The number of hydrogen-bond donors (Lipinski definition) is 8. The molecule has 0 radical (unpaired) electrons. The number of nitrogen functional groups attached to an aromatic ring is 2. The number of nitrogens with two attached hydrogens (primary N) is 3. The summed E-state index contributed by atoms with van der Waals surface area (Å²) in [6.07, 6.45) is 2.27. The van der Waals surface area contributed by atoms with Crippen LogP contribution in [0.15, 0.2) is 22.6 Å². The predicted molar refractivity (Wildman–Crippen MR) is 173 cm³/mol. The first-order chi connectivity index (χ1) is 23.2. The van der Waals surface area contributed by atoms with E-state index >= 15 is 0 Å². The van der Waals surface area contributed by atoms with E-state index in [1.165, 1.54) is 30.3 Å². The Labute approximate surface area is 291 Å². The molecule has 26 heteroatoms. The molecule has 2 aliphatic rings. The molecular formula is C24H33N11O12S3. The number of aliphatic carboxylic acids is 2. The van der Waals surface area contributed by atoms with E-state index in [0.29, 0.717) is 24.2 Å². The van der Waals surface area contributed by atoms with Crippen molar-refractivity contribution >= 4 is 85.7 Å². The van der Waals surface area contributed by atoms with Crippen LogP contribution in [0.1, 0.15) is 32.5 Å². The lowest BCUT2D eigenvalue weighted by Crippen LogP contribution is -2.71. The number of carboxylic acid groups (broad SMARTS) is 2. The summed E-state index contributed by atoms with van der Waals surface area (Å²) in [6.45, 7) is 2.81. The number of rotatable bonds is 13. The van der Waals surface area contributed by atoms with E-state index < -0.39 is 56.9 Å². The highest BCUT2D eigenvalue weighted by molar-refractivity contribution is 8.00. The van der Waals surface area contributed by atoms with Crippen molar-refractivity contribution in [3.8, 4) is 0 Å². The third kappa shape index (κ3) is 9.63. The van der Waals surface area contributed by atoms with Crippen LogP contribution in [0, 0.1) is 0 Å². The molecule has 0 unspecified atom stereocenters. The van der Waals surface area contributed by atoms with Gasteiger partial charge < -0.3 is 47.4 Å². The second-order valence-electron chi connectivity index (χ2n) is 10.8. The summed E-state index contributed by atoms with van der Waals surface area (Å²) in [4.78, 5) is 72.6. The monoisotopic (exact) mass is 763 g/mol. The second kappa shape index (κ2) is 15.8. The highest BCUT2D eigenvalue weighted by atomic mass is 32.3. The van der Waals surface area contributed by atoms with Crippen LogP contribution in [0.4, 0.5) is 16.6 Å². The molecule has 4 rings (SSSR count). The number of nitrogens with one attached hydrogen (secondary N) is 2. The minimum Gasteiger partial charge on any atom is -0.726 e. The Morgan fingerprint density at radius 1 is 1.26 bits per heavy atom. The molecule has 50 heavy (non-hydrogen) atoms. The van der Waals surface area contributed by atoms with Crippen LogP contribution in [0.5, 0.6) is 0 Å². The zero-order valence-electron chi connectivity index (χ0n) is 26.4. The predicted octanol–water partition coefficient (Wildman–Crippen LogP) is -2.97. The molecule has 1 saturated heterocycles. The number of β-lactam (4-membered cyclic amide) rings is 1. The first-order valence-corrected chi connectivity index (χ1v) is 17.2. The number of carboxylic acids is 2. The van der Waals surface area contributed by atoms with Gasteiger partial charge >= 0.3 is 11.9 Å². The van der Waals surface area contributed by atoms with Crippen molar-refractivity contribution in [1.29, 1.82) is 0 Å². The normalized spacial score (nSPS) is 17.6. The molecule has 0 aromatic carbocycles. The minimum absolute atomic E-state index is 0.000520. The van der Waals surface area contributed by atoms with Crippen LogP contribution in [-0.4, -0.2) is 111 Å². The summed E-state index contributed by atoms with van der Waals surface area (Å²) in [5, 5.41) is 27.5. The summed E-state index contributed by atoms with van der Waals surface area (Å²) < 4.78 is 39.9. The number of anilines is 3. The summed E-state index contributed by atoms with van der Waals surface area (Å²) in [5.41, 5.74) is 15.4. The molecule has 0 aliphatic carbocycles. The molecule has 23 nitrogen and oxygen atoms in total. The van der Waals surface area contributed by atoms with Crippen LogP contribution in [0.25, 0.3) is 0 Å². The van der Waals surface area contributed by atoms with Gasteiger partial charge in [-0.2, -0.15) is 9.36 Å². The summed E-state index contributed by atoms with van der Waals surface area (Å²) in [7, 11) is -3.28. The maximum absolute atomic E-state index is 13.3. The van der Waals surface area contributed by atoms with E-state index in [1.54, 1.807) is 17.9 Å². The van der Waals surface area contributed by atoms with Crippen molar-refractivity contribution in [2.45, 2.75) is 50.3 Å². The molecule has 274 valence electrons. The third-order valence-electron chi connectivity index (χ3n) is 6.81. The van der Waals surface area contributed by atoms with Crippen LogP contribution in [0.2, 0.25) is 0 Å². The van der Waals surface area contributed by atoms with E-state index in [1.807, 2.05) is 0 Å². The molecular weight excluding hydrogens is 731 g/mol. The van der Waals surface area contributed by atoms with Crippen LogP contribution >= 0.6 is 23.3 Å². The van der Waals surface area contributed by atoms with E-state index in [4.69, 9.17) is 39.6 Å². The molecule has 2 aromatic rings. The van der Waals surface area contributed by atoms with E-state index in [2.05, 4.69) is 25.1 Å². The van der Waals surface area contributed by atoms with Gasteiger partial charge in [-0.25, -0.2) is 18.0 Å². The Hall–Kier alpha value is -4.89. The molecule has 2 aromatic heterocycles. The molecule has 3 amide bonds. The zero-order valence-corrected chi connectivity index (χ0v) is 28.9. The maximum atomic E-state index is 13.3. The first-order valence-electron chi connectivity index (χ1n) is 14.0. The van der Waals surface area contributed by atoms with Crippen LogP contribution in [0.3, 0.4) is 0 Å². The highest BCUT2D eigenvalue weighted by Gasteiger charge is 2.55. The Morgan fingerprint density at radius 2 is 1.90 bits per heavy atom. The smallest absolute Gasteiger partial charge is 0.352 e. The van der Waals surface area contributed by atoms with Crippen molar-refractivity contribution in [1.82, 2.24) is 24.3 Å². The molecule has 2 atom stereocenters. The number of carbonyl (C=O) groups excluding carboxylic acids is 3. The molecule has 0 bridgehead atoms. The molecule has 11 N–H and O–H groups in total. The van der Waals surface area contributed by atoms with Crippen molar-refractivity contribution < 1.29 is 61.2 Å². The maximum Gasteiger partial charge on any atom is 0.352 e. The number of amides is 3. The SMILES string of the molecule is Cn1c(N)c(NC(=O)CCCN)c[n+]1CC1=C(C(=O)O)N2C(=O)[C@@H](NC(=O)/C(=N\OC(C)(C)C(=O)O)c3nsc(N)n3)[C@H]2SC1.O=S(=O)([O-])O. The van der Waals surface area contributed by atoms with Gasteiger partial charge in [0.1, 0.15) is 17.1 Å². The van der Waals surface area contributed by atoms with Gasteiger partial charge in [-0.05, 0) is 26.8 Å². The van der Waals surface area contributed by atoms with Gasteiger partial charge in [0.15, 0.2) is 23.2 Å². The number of fused-ring (bicyclic) bond motifs is 1. The summed E-state index contributed by atoms with van der Waals surface area (Å²) in [6, 6.07) is -1.15. The van der Waals surface area contributed by atoms with Gasteiger partial charge in [0, 0.05) is 29.3 Å². The van der Waals surface area contributed by atoms with Crippen molar-refractivity contribution in [3.63, 3.8) is 0 Å². The molecule has 2 aliphatic heterocycles. The fraction of sp³-hybridized carbons (Fsp3) is 0.458. The Morgan fingerprint density at radius 3 is 2.44 bits per heavy atom. The molecule has 4 heterocycles. The van der Waals surface area contributed by atoms with Crippen molar-refractivity contribution in [2.24, 2.45) is 17.9 Å². The quantitative estimate of drug-likeness (QED) is 0.0252. The summed E-state index contributed by atoms with van der Waals surface area (Å²) >= 11 is 1.98. The first kappa shape index (κ1) is 39.5. The summed E-state index contributed by atoms with van der Waals surface area (Å²) in [5.74, 6) is -4.47. The lowest BCUT2D eigenvalue weighted by Gasteiger charge is -2.49. The fourth-order valence-electron chi connectivity index (χ4n) is 4.26. The van der Waals surface area contributed by atoms with Crippen LogP contribution < -0.4 is 32.5 Å². The second-order valence-corrected chi connectivity index (χ2v) is 13.6. The average molecular weight is 764 g/mol. The lowest BCUT2D eigenvalue weighted by molar-refractivity contribution is -0.765. The number of hydrogen-bond acceptors (Lipinski definition) is 17. The Bertz CT molecular complexity index is 1850. The van der Waals surface area contributed by atoms with Gasteiger partial charge in [-0.3, -0.25) is 23.8 Å². The number of nitrogens with zero attached hydrogens (tertiary/aromatic N) is 6. The van der Waals surface area contributed by atoms with Gasteiger partial charge in [-0.1, -0.05) is 5.16 Å². The average Bonchev–Trinajstić information content (AvgIpc) is 3.55. The third-order valence-corrected chi connectivity index (χ3v) is 8.69. The van der Waals surface area contributed by atoms with Gasteiger partial charge in [-0.15, -0.1) is 21.1 Å². The number of thioether (sulfide) groups is 1. The van der Waals surface area contributed by atoms with E-state index in [-0.39, 0.29) is 47.1 Å². The van der Waals surface area contributed by atoms with Gasteiger partial charge in [0.25, 0.3) is 11.8 Å². The van der Waals surface area contributed by atoms with Crippen LogP contribution in [-0.2, 0) is 52.8 Å². The molecule has 0 saturated carbocycles. The van der Waals surface area contributed by atoms with Crippen molar-refractivity contribution in [2.75, 3.05) is 29.1 Å². The highest BCUT2D eigenvalue weighted by Crippen LogP contribution is 2.40. The molecule has 0 spiro atoms. The Kier molecular flexibility index (Phi) is 12.5. The topological polar surface area (TPSA) is 365 Å². The lowest BCUT2D eigenvalue weighted by atomic mass is 10.0. The molecule has 1 fully saturated rings.